The van der Waals surface area contributed by atoms with Crippen molar-refractivity contribution < 1.29 is 9.47 Å². The Hall–Kier alpha value is -0.0800. The molecule has 0 aromatic carbocycles. The van der Waals surface area contributed by atoms with Crippen molar-refractivity contribution in [3.8, 4) is 0 Å². The molecule has 3 rings (SSSR count). The standard InChI is InChI=1S/C9H14O2/c1-5-2-7-8(11-7)3-6(5)9-4-10-9/h5-9H,2-4H2,1H3. The third kappa shape index (κ3) is 1.00. The first-order chi connectivity index (χ1) is 5.34. The minimum absolute atomic E-state index is 0.593. The van der Waals surface area contributed by atoms with Crippen molar-refractivity contribution in [1.82, 2.24) is 0 Å². The van der Waals surface area contributed by atoms with E-state index in [1.807, 2.05) is 0 Å². The van der Waals surface area contributed by atoms with Gasteiger partial charge in [0.15, 0.2) is 0 Å². The van der Waals surface area contributed by atoms with Crippen molar-refractivity contribution in [2.45, 2.75) is 38.1 Å². The second kappa shape index (κ2) is 1.99. The molecule has 1 saturated carbocycles. The van der Waals surface area contributed by atoms with E-state index in [0.717, 1.165) is 18.4 Å². The van der Waals surface area contributed by atoms with Crippen LogP contribution in [0.1, 0.15) is 19.8 Å². The molecule has 1 aliphatic carbocycles. The highest BCUT2D eigenvalue weighted by Gasteiger charge is 2.51. The lowest BCUT2D eigenvalue weighted by atomic mass is 9.79. The molecule has 2 aliphatic heterocycles. The van der Waals surface area contributed by atoms with Crippen molar-refractivity contribution in [3.63, 3.8) is 0 Å². The van der Waals surface area contributed by atoms with Crippen molar-refractivity contribution in [3.05, 3.63) is 0 Å². The lowest BCUT2D eigenvalue weighted by molar-refractivity contribution is 0.217. The van der Waals surface area contributed by atoms with Crippen molar-refractivity contribution in [1.29, 1.82) is 0 Å². The summed E-state index contributed by atoms with van der Waals surface area (Å²) in [5, 5.41) is 0. The Morgan fingerprint density at radius 1 is 1.09 bits per heavy atom. The molecular formula is C9H14O2. The zero-order chi connectivity index (χ0) is 7.42. The second-order valence-electron chi connectivity index (χ2n) is 4.20. The molecule has 0 spiro atoms. The van der Waals surface area contributed by atoms with Gasteiger partial charge in [-0.25, -0.2) is 0 Å². The van der Waals surface area contributed by atoms with Gasteiger partial charge in [0.2, 0.25) is 0 Å². The normalized spacial score (nSPS) is 60.3. The van der Waals surface area contributed by atoms with Crippen LogP contribution in [0.2, 0.25) is 0 Å². The van der Waals surface area contributed by atoms with Crippen LogP contribution in [-0.4, -0.2) is 24.9 Å². The quantitative estimate of drug-likeness (QED) is 0.530. The topological polar surface area (TPSA) is 25.1 Å². The van der Waals surface area contributed by atoms with Gasteiger partial charge in [-0.2, -0.15) is 0 Å². The van der Waals surface area contributed by atoms with Crippen LogP contribution >= 0.6 is 0 Å². The Labute approximate surface area is 66.9 Å². The van der Waals surface area contributed by atoms with Crippen LogP contribution in [-0.2, 0) is 9.47 Å². The lowest BCUT2D eigenvalue weighted by Crippen LogP contribution is -2.26. The fourth-order valence-electron chi connectivity index (χ4n) is 2.46. The van der Waals surface area contributed by atoms with E-state index < -0.39 is 0 Å². The summed E-state index contributed by atoms with van der Waals surface area (Å²) in [6.07, 6.45) is 4.36. The first kappa shape index (κ1) is 6.44. The van der Waals surface area contributed by atoms with Crippen molar-refractivity contribution in [2.75, 3.05) is 6.61 Å². The van der Waals surface area contributed by atoms with E-state index in [-0.39, 0.29) is 0 Å². The fraction of sp³-hybridized carbons (Fsp3) is 1.00. The zero-order valence-corrected chi connectivity index (χ0v) is 6.82. The third-order valence-corrected chi connectivity index (χ3v) is 3.36. The Kier molecular flexibility index (Phi) is 1.16. The molecule has 2 saturated heterocycles. The van der Waals surface area contributed by atoms with Gasteiger partial charge in [0.1, 0.15) is 0 Å². The summed E-state index contributed by atoms with van der Waals surface area (Å²) in [5.74, 6) is 1.63. The molecule has 3 fully saturated rings. The predicted molar refractivity (Wildman–Crippen MR) is 40.3 cm³/mol. The zero-order valence-electron chi connectivity index (χ0n) is 6.82. The summed E-state index contributed by atoms with van der Waals surface area (Å²) in [4.78, 5) is 0. The van der Waals surface area contributed by atoms with Gasteiger partial charge in [-0.05, 0) is 24.7 Å². The first-order valence-corrected chi connectivity index (χ1v) is 4.61. The first-order valence-electron chi connectivity index (χ1n) is 4.61. The number of rotatable bonds is 1. The molecule has 62 valence electrons. The van der Waals surface area contributed by atoms with Gasteiger partial charge in [-0.15, -0.1) is 0 Å². The Balaban J connectivity index is 1.71. The van der Waals surface area contributed by atoms with E-state index in [1.54, 1.807) is 0 Å². The Bertz CT molecular complexity index is 176. The molecule has 3 aliphatic rings. The van der Waals surface area contributed by atoms with E-state index >= 15 is 0 Å². The largest absolute Gasteiger partial charge is 0.373 e. The molecule has 11 heavy (non-hydrogen) atoms. The molecule has 0 bridgehead atoms. The molecule has 0 amide bonds. The van der Waals surface area contributed by atoms with Gasteiger partial charge >= 0.3 is 0 Å². The number of hydrogen-bond acceptors (Lipinski definition) is 2. The average Bonchev–Trinajstić information content (AvgIpc) is 2.80. The summed E-state index contributed by atoms with van der Waals surface area (Å²) < 4.78 is 10.8. The molecule has 0 radical (unpaired) electrons. The van der Waals surface area contributed by atoms with E-state index in [9.17, 15) is 0 Å². The van der Waals surface area contributed by atoms with Crippen molar-refractivity contribution in [2.24, 2.45) is 11.8 Å². The van der Waals surface area contributed by atoms with E-state index in [0.29, 0.717) is 18.3 Å². The minimum atomic E-state index is 0.593. The Morgan fingerprint density at radius 2 is 1.82 bits per heavy atom. The summed E-state index contributed by atoms with van der Waals surface area (Å²) in [7, 11) is 0. The van der Waals surface area contributed by atoms with Crippen LogP contribution in [0.4, 0.5) is 0 Å². The highest BCUT2D eigenvalue weighted by Crippen LogP contribution is 2.46. The smallest absolute Gasteiger partial charge is 0.0845 e. The van der Waals surface area contributed by atoms with Gasteiger partial charge in [0.25, 0.3) is 0 Å². The van der Waals surface area contributed by atoms with Gasteiger partial charge in [0, 0.05) is 0 Å². The summed E-state index contributed by atoms with van der Waals surface area (Å²) in [6.45, 7) is 3.34. The van der Waals surface area contributed by atoms with Gasteiger partial charge in [0.05, 0.1) is 24.9 Å². The minimum Gasteiger partial charge on any atom is -0.373 e. The van der Waals surface area contributed by atoms with Crippen LogP contribution in [0.3, 0.4) is 0 Å². The third-order valence-electron chi connectivity index (χ3n) is 3.36. The molecule has 5 unspecified atom stereocenters. The highest BCUT2D eigenvalue weighted by atomic mass is 16.6. The molecule has 2 heterocycles. The Morgan fingerprint density at radius 3 is 2.55 bits per heavy atom. The average molecular weight is 154 g/mol. The molecule has 5 atom stereocenters. The highest BCUT2D eigenvalue weighted by molar-refractivity contribution is 4.98. The molecule has 2 nitrogen and oxygen atoms in total. The maximum absolute atomic E-state index is 5.50. The molecule has 0 aromatic rings. The molecule has 0 N–H and O–H groups in total. The lowest BCUT2D eigenvalue weighted by Gasteiger charge is -2.24. The van der Waals surface area contributed by atoms with Crippen LogP contribution < -0.4 is 0 Å². The van der Waals surface area contributed by atoms with Crippen LogP contribution in [0, 0.1) is 11.8 Å². The molecule has 2 heteroatoms. The van der Waals surface area contributed by atoms with E-state index in [4.69, 9.17) is 9.47 Å². The molecule has 0 aromatic heterocycles. The monoisotopic (exact) mass is 154 g/mol. The summed E-state index contributed by atoms with van der Waals surface area (Å²) in [5.41, 5.74) is 0. The summed E-state index contributed by atoms with van der Waals surface area (Å²) in [6, 6.07) is 0. The molecular weight excluding hydrogens is 140 g/mol. The number of hydrogen-bond donors (Lipinski definition) is 0. The van der Waals surface area contributed by atoms with Gasteiger partial charge in [-0.3, -0.25) is 0 Å². The van der Waals surface area contributed by atoms with Crippen LogP contribution in [0.15, 0.2) is 0 Å². The van der Waals surface area contributed by atoms with Crippen LogP contribution in [0.5, 0.6) is 0 Å². The maximum Gasteiger partial charge on any atom is 0.0845 e. The number of epoxide rings is 2. The van der Waals surface area contributed by atoms with Gasteiger partial charge < -0.3 is 9.47 Å². The maximum atomic E-state index is 5.50. The van der Waals surface area contributed by atoms with Gasteiger partial charge in [-0.1, -0.05) is 6.92 Å². The van der Waals surface area contributed by atoms with Crippen LogP contribution in [0.25, 0.3) is 0 Å². The number of fused-ring (bicyclic) bond motifs is 1. The predicted octanol–water partition coefficient (Wildman–Crippen LogP) is 1.20. The fourth-order valence-corrected chi connectivity index (χ4v) is 2.46. The van der Waals surface area contributed by atoms with Crippen molar-refractivity contribution >= 4 is 0 Å². The number of ether oxygens (including phenoxy) is 2. The van der Waals surface area contributed by atoms with E-state index in [1.165, 1.54) is 12.8 Å². The SMILES string of the molecule is CC1CC2OC2CC1C1CO1. The summed E-state index contributed by atoms with van der Waals surface area (Å²) >= 11 is 0. The second-order valence-corrected chi connectivity index (χ2v) is 4.20. The van der Waals surface area contributed by atoms with E-state index in [2.05, 4.69) is 6.92 Å².